The molecule has 1 aliphatic heterocycles. The van der Waals surface area contributed by atoms with Crippen molar-refractivity contribution in [3.63, 3.8) is 0 Å². The molecule has 1 rings (SSSR count). The lowest BCUT2D eigenvalue weighted by Crippen LogP contribution is -2.35. The van der Waals surface area contributed by atoms with Gasteiger partial charge in [-0.15, -0.1) is 0 Å². The SMILES string of the molecule is NS(=O)(=O)CCC(F)(F)C1CCOCC1. The lowest BCUT2D eigenvalue weighted by Gasteiger charge is -2.29. The third-order valence-electron chi connectivity index (χ3n) is 2.54. The monoisotopic (exact) mass is 243 g/mol. The fraction of sp³-hybridized carbons (Fsp3) is 1.00. The molecule has 1 heterocycles. The number of ether oxygens (including phenoxy) is 1. The summed E-state index contributed by atoms with van der Waals surface area (Å²) in [6, 6.07) is 0. The first-order chi connectivity index (χ1) is 6.81. The lowest BCUT2D eigenvalue weighted by atomic mass is 9.91. The fourth-order valence-corrected chi connectivity index (χ4v) is 2.16. The van der Waals surface area contributed by atoms with Gasteiger partial charge in [-0.25, -0.2) is 22.3 Å². The molecule has 0 radical (unpaired) electrons. The molecule has 0 unspecified atom stereocenters. The Morgan fingerprint density at radius 3 is 2.33 bits per heavy atom. The normalized spacial score (nSPS) is 20.5. The Bertz CT molecular complexity index is 299. The predicted octanol–water partition coefficient (Wildman–Crippen LogP) is 0.727. The maximum atomic E-state index is 13.5. The van der Waals surface area contributed by atoms with Crippen LogP contribution in [0.3, 0.4) is 0 Å². The second-order valence-corrected chi connectivity index (χ2v) is 5.50. The van der Waals surface area contributed by atoms with E-state index in [-0.39, 0.29) is 12.8 Å². The van der Waals surface area contributed by atoms with Gasteiger partial charge < -0.3 is 4.74 Å². The van der Waals surface area contributed by atoms with Crippen molar-refractivity contribution in [2.24, 2.45) is 11.1 Å². The first kappa shape index (κ1) is 12.8. The molecule has 0 saturated carbocycles. The van der Waals surface area contributed by atoms with Gasteiger partial charge in [-0.05, 0) is 12.8 Å². The summed E-state index contributed by atoms with van der Waals surface area (Å²) in [5.74, 6) is -4.42. The summed E-state index contributed by atoms with van der Waals surface area (Å²) in [7, 11) is -3.81. The van der Waals surface area contributed by atoms with Crippen molar-refractivity contribution in [1.29, 1.82) is 0 Å². The van der Waals surface area contributed by atoms with Gasteiger partial charge in [0.2, 0.25) is 10.0 Å². The summed E-state index contributed by atoms with van der Waals surface area (Å²) in [6.45, 7) is 0.630. The van der Waals surface area contributed by atoms with Gasteiger partial charge in [-0.1, -0.05) is 0 Å². The zero-order valence-electron chi connectivity index (χ0n) is 8.29. The lowest BCUT2D eigenvalue weighted by molar-refractivity contribution is -0.0973. The quantitative estimate of drug-likeness (QED) is 0.791. The van der Waals surface area contributed by atoms with Crippen molar-refractivity contribution in [3.05, 3.63) is 0 Å². The number of rotatable bonds is 4. The van der Waals surface area contributed by atoms with E-state index >= 15 is 0 Å². The number of alkyl halides is 2. The third kappa shape index (κ3) is 4.40. The molecule has 0 spiro atoms. The van der Waals surface area contributed by atoms with E-state index in [1.807, 2.05) is 0 Å². The van der Waals surface area contributed by atoms with Gasteiger partial charge in [0.1, 0.15) is 0 Å². The molecule has 1 aliphatic rings. The molecular formula is C8H15F2NO3S. The van der Waals surface area contributed by atoms with E-state index in [1.54, 1.807) is 0 Å². The van der Waals surface area contributed by atoms with E-state index in [0.717, 1.165) is 0 Å². The summed E-state index contributed by atoms with van der Waals surface area (Å²) >= 11 is 0. The zero-order valence-corrected chi connectivity index (χ0v) is 9.10. The molecule has 1 fully saturated rings. The van der Waals surface area contributed by atoms with Gasteiger partial charge >= 0.3 is 0 Å². The van der Waals surface area contributed by atoms with Crippen LogP contribution in [0.5, 0.6) is 0 Å². The van der Waals surface area contributed by atoms with E-state index in [9.17, 15) is 17.2 Å². The average Bonchev–Trinajstić information content (AvgIpc) is 2.16. The maximum Gasteiger partial charge on any atom is 0.252 e. The van der Waals surface area contributed by atoms with Crippen molar-refractivity contribution < 1.29 is 21.9 Å². The minimum Gasteiger partial charge on any atom is -0.381 e. The maximum absolute atomic E-state index is 13.5. The van der Waals surface area contributed by atoms with Gasteiger partial charge in [0.05, 0.1) is 5.75 Å². The smallest absolute Gasteiger partial charge is 0.252 e. The van der Waals surface area contributed by atoms with Crippen molar-refractivity contribution in [1.82, 2.24) is 0 Å². The van der Waals surface area contributed by atoms with Crippen LogP contribution in [0.1, 0.15) is 19.3 Å². The second kappa shape index (κ2) is 4.71. The molecule has 0 aromatic carbocycles. The van der Waals surface area contributed by atoms with Crippen molar-refractivity contribution in [2.45, 2.75) is 25.2 Å². The minimum atomic E-state index is -3.81. The standard InChI is InChI=1S/C8H15F2NO3S/c9-8(10,3-6-15(11,12)13)7-1-4-14-5-2-7/h7H,1-6H2,(H2,11,12,13). The molecule has 0 aromatic heterocycles. The van der Waals surface area contributed by atoms with Crippen molar-refractivity contribution in [2.75, 3.05) is 19.0 Å². The Kier molecular flexibility index (Phi) is 4.02. The molecule has 90 valence electrons. The number of nitrogens with two attached hydrogens (primary N) is 1. The summed E-state index contributed by atoms with van der Waals surface area (Å²) < 4.78 is 53.1. The van der Waals surface area contributed by atoms with Crippen LogP contribution >= 0.6 is 0 Å². The van der Waals surface area contributed by atoms with E-state index in [4.69, 9.17) is 4.74 Å². The van der Waals surface area contributed by atoms with Crippen LogP contribution in [-0.2, 0) is 14.8 Å². The molecule has 15 heavy (non-hydrogen) atoms. The molecule has 7 heteroatoms. The fourth-order valence-electron chi connectivity index (χ4n) is 1.60. The number of hydrogen-bond acceptors (Lipinski definition) is 3. The molecule has 4 nitrogen and oxygen atoms in total. The van der Waals surface area contributed by atoms with Gasteiger partial charge in [-0.3, -0.25) is 0 Å². The van der Waals surface area contributed by atoms with Crippen LogP contribution in [0.2, 0.25) is 0 Å². The van der Waals surface area contributed by atoms with Crippen LogP contribution in [0, 0.1) is 5.92 Å². The first-order valence-electron chi connectivity index (χ1n) is 4.77. The van der Waals surface area contributed by atoms with Gasteiger partial charge in [0.25, 0.3) is 5.92 Å². The summed E-state index contributed by atoms with van der Waals surface area (Å²) in [5, 5.41) is 4.69. The Balaban J connectivity index is 2.49. The molecule has 0 bridgehead atoms. The molecular weight excluding hydrogens is 228 g/mol. The number of halogens is 2. The van der Waals surface area contributed by atoms with Crippen LogP contribution in [0.15, 0.2) is 0 Å². The molecule has 0 amide bonds. The van der Waals surface area contributed by atoms with E-state index in [0.29, 0.717) is 13.2 Å². The Labute approximate surface area is 87.8 Å². The van der Waals surface area contributed by atoms with Crippen LogP contribution in [0.25, 0.3) is 0 Å². The van der Waals surface area contributed by atoms with E-state index in [1.165, 1.54) is 0 Å². The molecule has 1 saturated heterocycles. The first-order valence-corrected chi connectivity index (χ1v) is 6.49. The van der Waals surface area contributed by atoms with Crippen LogP contribution in [0.4, 0.5) is 8.78 Å². The van der Waals surface area contributed by atoms with Crippen molar-refractivity contribution >= 4 is 10.0 Å². The largest absolute Gasteiger partial charge is 0.381 e. The predicted molar refractivity (Wildman–Crippen MR) is 51.1 cm³/mol. The van der Waals surface area contributed by atoms with Gasteiger partial charge in [-0.2, -0.15) is 0 Å². The molecule has 0 atom stereocenters. The topological polar surface area (TPSA) is 69.4 Å². The average molecular weight is 243 g/mol. The second-order valence-electron chi connectivity index (χ2n) is 3.76. The van der Waals surface area contributed by atoms with Gasteiger partial charge in [0.15, 0.2) is 0 Å². The van der Waals surface area contributed by atoms with Crippen LogP contribution in [-0.4, -0.2) is 33.3 Å². The molecule has 0 aliphatic carbocycles. The number of hydrogen-bond donors (Lipinski definition) is 1. The summed E-state index contributed by atoms with van der Waals surface area (Å²) in [5.41, 5.74) is 0. The highest BCUT2D eigenvalue weighted by Gasteiger charge is 2.40. The minimum absolute atomic E-state index is 0.275. The number of primary sulfonamides is 1. The highest BCUT2D eigenvalue weighted by molar-refractivity contribution is 7.89. The Morgan fingerprint density at radius 1 is 1.33 bits per heavy atom. The Hall–Kier alpha value is -0.270. The molecule has 0 aromatic rings. The highest BCUT2D eigenvalue weighted by atomic mass is 32.2. The third-order valence-corrected chi connectivity index (χ3v) is 3.31. The zero-order chi connectivity index (χ0) is 11.5. The number of sulfonamides is 1. The van der Waals surface area contributed by atoms with E-state index in [2.05, 4.69) is 5.14 Å². The molecule has 2 N–H and O–H groups in total. The van der Waals surface area contributed by atoms with Crippen molar-refractivity contribution in [3.8, 4) is 0 Å². The van der Waals surface area contributed by atoms with Gasteiger partial charge in [0, 0.05) is 25.6 Å². The van der Waals surface area contributed by atoms with E-state index < -0.39 is 34.0 Å². The Morgan fingerprint density at radius 2 is 1.87 bits per heavy atom. The summed E-state index contributed by atoms with van der Waals surface area (Å²) in [6.07, 6.45) is -0.147. The van der Waals surface area contributed by atoms with Crippen LogP contribution < -0.4 is 5.14 Å². The summed E-state index contributed by atoms with van der Waals surface area (Å²) in [4.78, 5) is 0. The highest BCUT2D eigenvalue weighted by Crippen LogP contribution is 2.35.